The highest BCUT2D eigenvalue weighted by atomic mass is 35.5. The summed E-state index contributed by atoms with van der Waals surface area (Å²) >= 11 is 7.76. The van der Waals surface area contributed by atoms with E-state index in [9.17, 15) is 9.18 Å². The lowest BCUT2D eigenvalue weighted by molar-refractivity contribution is -0.118. The topological polar surface area (TPSA) is 57.7 Å². The smallest absolute Gasteiger partial charge is 0.274 e. The standard InChI is InChI=1S/C22H29ClFNO4S/c1-13(8-14(2)26)12-27-16-4-6-17(7-5-16)29-20-10-21-19(9-18(20)23)25-22(30-21)28-15(3)11-24/h9-10,13,15-17H,4-8,11-12H2,1-3H3/t13-,15?,16?,17?/m1/s1. The molecular formula is C22H29ClFNO4S. The summed E-state index contributed by atoms with van der Waals surface area (Å²) < 4.78 is 31.2. The fraction of sp³-hybridized carbons (Fsp3) is 0.636. The summed E-state index contributed by atoms with van der Waals surface area (Å²) in [6.07, 6.45) is 3.99. The Bertz CT molecular complexity index is 853. The molecule has 0 saturated heterocycles. The fourth-order valence-corrected chi connectivity index (χ4v) is 4.72. The predicted molar refractivity (Wildman–Crippen MR) is 118 cm³/mol. The Balaban J connectivity index is 1.53. The number of ketones is 1. The Morgan fingerprint density at radius 1 is 1.27 bits per heavy atom. The summed E-state index contributed by atoms with van der Waals surface area (Å²) in [4.78, 5) is 15.5. The third-order valence-corrected chi connectivity index (χ3v) is 6.31. The SMILES string of the molecule is CC(=O)C[C@@H](C)COC1CCC(Oc2cc3sc(OC(C)CF)nc3cc2Cl)CC1. The van der Waals surface area contributed by atoms with Gasteiger partial charge in [0.15, 0.2) is 0 Å². The first-order valence-corrected chi connectivity index (χ1v) is 11.6. The van der Waals surface area contributed by atoms with Gasteiger partial charge in [-0.1, -0.05) is 29.9 Å². The highest BCUT2D eigenvalue weighted by Crippen LogP contribution is 2.37. The number of hydrogen-bond acceptors (Lipinski definition) is 6. The zero-order chi connectivity index (χ0) is 21.7. The summed E-state index contributed by atoms with van der Waals surface area (Å²) in [5, 5.41) is 0.939. The molecule has 1 saturated carbocycles. The molecule has 8 heteroatoms. The molecule has 0 spiro atoms. The Hall–Kier alpha value is -1.44. The quantitative estimate of drug-likeness (QED) is 0.437. The first kappa shape index (κ1) is 23.2. The molecule has 1 fully saturated rings. The van der Waals surface area contributed by atoms with Crippen LogP contribution >= 0.6 is 22.9 Å². The zero-order valence-electron chi connectivity index (χ0n) is 17.7. The molecular weight excluding hydrogens is 429 g/mol. The van der Waals surface area contributed by atoms with E-state index in [1.54, 1.807) is 19.9 Å². The van der Waals surface area contributed by atoms with Crippen molar-refractivity contribution >= 4 is 38.9 Å². The molecule has 1 unspecified atom stereocenters. The fourth-order valence-electron chi connectivity index (χ4n) is 3.60. The number of nitrogens with zero attached hydrogens (tertiary/aromatic N) is 1. The number of hydrogen-bond donors (Lipinski definition) is 0. The van der Waals surface area contributed by atoms with Gasteiger partial charge in [0.2, 0.25) is 0 Å². The van der Waals surface area contributed by atoms with E-state index in [2.05, 4.69) is 4.98 Å². The lowest BCUT2D eigenvalue weighted by atomic mass is 9.94. The van der Waals surface area contributed by atoms with Crippen LogP contribution in [-0.2, 0) is 9.53 Å². The Morgan fingerprint density at radius 2 is 1.97 bits per heavy atom. The predicted octanol–water partition coefficient (Wildman–Crippen LogP) is 6.01. The van der Waals surface area contributed by atoms with E-state index in [1.807, 2.05) is 13.0 Å². The number of carbonyl (C=O) groups is 1. The van der Waals surface area contributed by atoms with Gasteiger partial charge in [0.05, 0.1) is 27.4 Å². The van der Waals surface area contributed by atoms with Crippen LogP contribution in [0, 0.1) is 5.92 Å². The van der Waals surface area contributed by atoms with E-state index in [1.165, 1.54) is 11.3 Å². The van der Waals surface area contributed by atoms with Crippen molar-refractivity contribution in [2.24, 2.45) is 5.92 Å². The highest BCUT2D eigenvalue weighted by molar-refractivity contribution is 7.20. The summed E-state index contributed by atoms with van der Waals surface area (Å²) in [7, 11) is 0. The van der Waals surface area contributed by atoms with E-state index in [0.717, 1.165) is 35.9 Å². The molecule has 3 rings (SSSR count). The van der Waals surface area contributed by atoms with Crippen LogP contribution in [0.2, 0.25) is 5.02 Å². The minimum Gasteiger partial charge on any atom is -0.489 e. The molecule has 1 aliphatic carbocycles. The van der Waals surface area contributed by atoms with E-state index < -0.39 is 12.8 Å². The highest BCUT2D eigenvalue weighted by Gasteiger charge is 2.24. The van der Waals surface area contributed by atoms with Gasteiger partial charge >= 0.3 is 0 Å². The third-order valence-electron chi connectivity index (χ3n) is 5.11. The number of carbonyl (C=O) groups excluding carboxylic acids is 1. The summed E-state index contributed by atoms with van der Waals surface area (Å²) in [6.45, 7) is 5.38. The van der Waals surface area contributed by atoms with Crippen LogP contribution in [0.3, 0.4) is 0 Å². The van der Waals surface area contributed by atoms with Gasteiger partial charge in [-0.15, -0.1) is 0 Å². The number of Topliss-reactive ketones (excluding diaryl/α,β-unsaturated/α-hetero) is 1. The van der Waals surface area contributed by atoms with Crippen LogP contribution in [0.4, 0.5) is 4.39 Å². The van der Waals surface area contributed by atoms with E-state index >= 15 is 0 Å². The summed E-state index contributed by atoms with van der Waals surface area (Å²) in [6, 6.07) is 3.65. The van der Waals surface area contributed by atoms with Crippen LogP contribution in [0.15, 0.2) is 12.1 Å². The lowest BCUT2D eigenvalue weighted by Crippen LogP contribution is -2.29. The summed E-state index contributed by atoms with van der Waals surface area (Å²) in [5.41, 5.74) is 0.718. The first-order chi connectivity index (χ1) is 14.3. The maximum absolute atomic E-state index is 12.7. The van der Waals surface area contributed by atoms with Crippen LogP contribution in [-0.4, -0.2) is 42.4 Å². The van der Waals surface area contributed by atoms with Crippen LogP contribution < -0.4 is 9.47 Å². The normalized spacial score (nSPS) is 21.4. The minimum absolute atomic E-state index is 0.0876. The maximum atomic E-state index is 12.7. The van der Waals surface area contributed by atoms with Crippen molar-refractivity contribution in [3.8, 4) is 10.9 Å². The molecule has 1 aromatic carbocycles. The van der Waals surface area contributed by atoms with Gasteiger partial charge in [0.1, 0.15) is 24.3 Å². The van der Waals surface area contributed by atoms with Crippen LogP contribution in [0.25, 0.3) is 10.2 Å². The number of aromatic nitrogens is 1. The van der Waals surface area contributed by atoms with E-state index in [-0.39, 0.29) is 23.9 Å². The van der Waals surface area contributed by atoms with Gasteiger partial charge in [0.25, 0.3) is 5.19 Å². The molecule has 5 nitrogen and oxygen atoms in total. The molecule has 0 bridgehead atoms. The number of halogens is 2. The number of ether oxygens (including phenoxy) is 3. The number of thiazole rings is 1. The summed E-state index contributed by atoms with van der Waals surface area (Å²) in [5.74, 6) is 1.09. The maximum Gasteiger partial charge on any atom is 0.274 e. The van der Waals surface area contributed by atoms with Crippen molar-refractivity contribution < 1.29 is 23.4 Å². The third kappa shape index (κ3) is 6.53. The van der Waals surface area contributed by atoms with Crippen LogP contribution in [0.5, 0.6) is 10.9 Å². The Labute approximate surface area is 185 Å². The van der Waals surface area contributed by atoms with Crippen molar-refractivity contribution in [3.63, 3.8) is 0 Å². The number of fused-ring (bicyclic) bond motifs is 1. The lowest BCUT2D eigenvalue weighted by Gasteiger charge is -2.30. The molecule has 1 aliphatic rings. The number of rotatable bonds is 10. The van der Waals surface area contributed by atoms with Crippen LogP contribution in [0.1, 0.15) is 52.9 Å². The molecule has 30 heavy (non-hydrogen) atoms. The van der Waals surface area contributed by atoms with E-state index in [4.69, 9.17) is 25.8 Å². The molecule has 0 aliphatic heterocycles. The molecule has 0 N–H and O–H groups in total. The van der Waals surface area contributed by atoms with Gasteiger partial charge in [-0.2, -0.15) is 0 Å². The van der Waals surface area contributed by atoms with Crippen molar-refractivity contribution in [1.29, 1.82) is 0 Å². The average Bonchev–Trinajstić information content (AvgIpc) is 3.07. The van der Waals surface area contributed by atoms with Crippen molar-refractivity contribution in [2.75, 3.05) is 13.3 Å². The second-order valence-corrected chi connectivity index (χ2v) is 9.57. The molecule has 166 valence electrons. The number of alkyl halides is 1. The second kappa shape index (κ2) is 10.7. The molecule has 2 atom stereocenters. The Morgan fingerprint density at radius 3 is 2.63 bits per heavy atom. The molecule has 1 heterocycles. The molecule has 0 amide bonds. The van der Waals surface area contributed by atoms with E-state index in [0.29, 0.717) is 29.0 Å². The van der Waals surface area contributed by atoms with Gasteiger partial charge in [0, 0.05) is 19.1 Å². The van der Waals surface area contributed by atoms with Crippen molar-refractivity contribution in [3.05, 3.63) is 17.2 Å². The van der Waals surface area contributed by atoms with Gasteiger partial charge in [-0.05, 0) is 51.5 Å². The van der Waals surface area contributed by atoms with Crippen molar-refractivity contribution in [1.82, 2.24) is 4.98 Å². The number of benzene rings is 1. The second-order valence-electron chi connectivity index (χ2n) is 8.17. The van der Waals surface area contributed by atoms with Crippen molar-refractivity contribution in [2.45, 2.75) is 71.2 Å². The van der Waals surface area contributed by atoms with Gasteiger partial charge in [-0.3, -0.25) is 0 Å². The van der Waals surface area contributed by atoms with Gasteiger partial charge < -0.3 is 19.0 Å². The molecule has 2 aromatic rings. The average molecular weight is 458 g/mol. The largest absolute Gasteiger partial charge is 0.489 e. The first-order valence-electron chi connectivity index (χ1n) is 10.4. The minimum atomic E-state index is -0.562. The van der Waals surface area contributed by atoms with Gasteiger partial charge in [-0.25, -0.2) is 9.37 Å². The molecule has 1 aromatic heterocycles. The monoisotopic (exact) mass is 457 g/mol. The Kier molecular flexibility index (Phi) is 8.31. The zero-order valence-corrected chi connectivity index (χ0v) is 19.2. The molecule has 0 radical (unpaired) electrons.